The van der Waals surface area contributed by atoms with Gasteiger partial charge in [-0.3, -0.25) is 0 Å². The summed E-state index contributed by atoms with van der Waals surface area (Å²) >= 11 is 0. The Bertz CT molecular complexity index is 763. The molecule has 1 aromatic heterocycles. The van der Waals surface area contributed by atoms with Gasteiger partial charge >= 0.3 is 0 Å². The second kappa shape index (κ2) is 4.13. The lowest BCUT2D eigenvalue weighted by atomic mass is 9.98. The fourth-order valence-electron chi connectivity index (χ4n) is 2.92. The van der Waals surface area contributed by atoms with Gasteiger partial charge in [-0.25, -0.2) is 0 Å². The normalized spacial score (nSPS) is 13.7. The molecule has 4 rings (SSSR count). The van der Waals surface area contributed by atoms with Crippen LogP contribution in [0.3, 0.4) is 0 Å². The molecule has 0 spiro atoms. The molecule has 0 saturated carbocycles. The SMILES string of the molecule is C1=Cc2[nH]c3ccc(-c4ccccc4)cc3c2CC1. The van der Waals surface area contributed by atoms with Crippen LogP contribution in [0.25, 0.3) is 28.1 Å². The van der Waals surface area contributed by atoms with E-state index in [-0.39, 0.29) is 0 Å². The maximum absolute atomic E-state index is 3.51. The summed E-state index contributed by atoms with van der Waals surface area (Å²) in [4.78, 5) is 3.51. The average molecular weight is 245 g/mol. The standard InChI is InChI=1S/C18H15N/c1-2-6-13(7-3-1)14-10-11-18-16(12-14)15-8-4-5-9-17(15)19-18/h1-3,5-7,9-12,19H,4,8H2. The number of allylic oxidation sites excluding steroid dienone is 1. The van der Waals surface area contributed by atoms with Crippen molar-refractivity contribution in [2.24, 2.45) is 0 Å². The van der Waals surface area contributed by atoms with E-state index in [4.69, 9.17) is 0 Å². The van der Waals surface area contributed by atoms with Crippen molar-refractivity contribution in [2.45, 2.75) is 12.8 Å². The zero-order chi connectivity index (χ0) is 12.7. The highest BCUT2D eigenvalue weighted by atomic mass is 14.7. The minimum absolute atomic E-state index is 1.14. The Morgan fingerprint density at radius 3 is 2.68 bits per heavy atom. The van der Waals surface area contributed by atoms with Gasteiger partial charge in [0.2, 0.25) is 0 Å². The Morgan fingerprint density at radius 1 is 0.895 bits per heavy atom. The van der Waals surface area contributed by atoms with E-state index >= 15 is 0 Å². The van der Waals surface area contributed by atoms with Gasteiger partial charge in [0.15, 0.2) is 0 Å². The summed E-state index contributed by atoms with van der Waals surface area (Å²) in [5.74, 6) is 0. The van der Waals surface area contributed by atoms with E-state index in [9.17, 15) is 0 Å². The molecule has 19 heavy (non-hydrogen) atoms. The van der Waals surface area contributed by atoms with Gasteiger partial charge in [0.1, 0.15) is 0 Å². The summed E-state index contributed by atoms with van der Waals surface area (Å²) in [6, 6.07) is 17.3. The first-order valence-electron chi connectivity index (χ1n) is 6.78. The Balaban J connectivity index is 1.94. The second-order valence-corrected chi connectivity index (χ2v) is 5.08. The van der Waals surface area contributed by atoms with Crippen LogP contribution in [-0.2, 0) is 6.42 Å². The van der Waals surface area contributed by atoms with E-state index in [0.29, 0.717) is 0 Å². The average Bonchev–Trinajstić information content (AvgIpc) is 2.86. The molecule has 0 amide bonds. The van der Waals surface area contributed by atoms with Crippen LogP contribution >= 0.6 is 0 Å². The van der Waals surface area contributed by atoms with Crippen LogP contribution in [0.5, 0.6) is 0 Å². The van der Waals surface area contributed by atoms with Gasteiger partial charge < -0.3 is 4.98 Å². The molecule has 1 heterocycles. The molecule has 2 aromatic carbocycles. The van der Waals surface area contributed by atoms with E-state index in [1.54, 1.807) is 0 Å². The number of benzene rings is 2. The highest BCUT2D eigenvalue weighted by Gasteiger charge is 2.12. The van der Waals surface area contributed by atoms with E-state index in [0.717, 1.165) is 12.8 Å². The fraction of sp³-hybridized carbons (Fsp3) is 0.111. The van der Waals surface area contributed by atoms with Crippen molar-refractivity contribution in [3.63, 3.8) is 0 Å². The minimum Gasteiger partial charge on any atom is -0.355 e. The number of aryl methyl sites for hydroxylation is 1. The summed E-state index contributed by atoms with van der Waals surface area (Å²) in [5, 5.41) is 1.38. The Kier molecular flexibility index (Phi) is 2.31. The molecule has 1 heteroatoms. The van der Waals surface area contributed by atoms with E-state index in [1.165, 1.54) is 33.3 Å². The quantitative estimate of drug-likeness (QED) is 0.634. The smallest absolute Gasteiger partial charge is 0.0461 e. The minimum atomic E-state index is 1.14. The summed E-state index contributed by atoms with van der Waals surface area (Å²) in [7, 11) is 0. The zero-order valence-corrected chi connectivity index (χ0v) is 10.7. The second-order valence-electron chi connectivity index (χ2n) is 5.08. The lowest BCUT2D eigenvalue weighted by Gasteiger charge is -2.05. The van der Waals surface area contributed by atoms with Gasteiger partial charge in [-0.1, -0.05) is 42.5 Å². The maximum atomic E-state index is 3.51. The van der Waals surface area contributed by atoms with Crippen LogP contribution in [0.4, 0.5) is 0 Å². The lowest BCUT2D eigenvalue weighted by molar-refractivity contribution is 0.992. The van der Waals surface area contributed by atoms with Crippen LogP contribution in [0.2, 0.25) is 0 Å². The zero-order valence-electron chi connectivity index (χ0n) is 10.7. The molecule has 0 unspecified atom stereocenters. The van der Waals surface area contributed by atoms with Gasteiger partial charge in [0.05, 0.1) is 0 Å². The summed E-state index contributed by atoms with van der Waals surface area (Å²) < 4.78 is 0. The molecule has 1 N–H and O–H groups in total. The first-order valence-corrected chi connectivity index (χ1v) is 6.78. The molecular formula is C18H15N. The number of hydrogen-bond donors (Lipinski definition) is 1. The molecule has 92 valence electrons. The molecule has 0 saturated heterocycles. The van der Waals surface area contributed by atoms with E-state index in [1.807, 2.05) is 0 Å². The van der Waals surface area contributed by atoms with Crippen molar-refractivity contribution in [3.8, 4) is 11.1 Å². The molecule has 0 radical (unpaired) electrons. The van der Waals surface area contributed by atoms with Gasteiger partial charge in [-0.05, 0) is 47.7 Å². The number of aromatic nitrogens is 1. The number of rotatable bonds is 1. The van der Waals surface area contributed by atoms with Crippen LogP contribution in [0.15, 0.2) is 54.6 Å². The van der Waals surface area contributed by atoms with Crippen LogP contribution < -0.4 is 0 Å². The topological polar surface area (TPSA) is 15.8 Å². The van der Waals surface area contributed by atoms with Gasteiger partial charge in [0, 0.05) is 16.6 Å². The van der Waals surface area contributed by atoms with Crippen LogP contribution in [0, 0.1) is 0 Å². The van der Waals surface area contributed by atoms with Crippen LogP contribution in [-0.4, -0.2) is 4.98 Å². The third-order valence-corrected chi connectivity index (χ3v) is 3.89. The van der Waals surface area contributed by atoms with Gasteiger partial charge in [0.25, 0.3) is 0 Å². The predicted octanol–water partition coefficient (Wildman–Crippen LogP) is 4.79. The number of aromatic amines is 1. The molecular weight excluding hydrogens is 230 g/mol. The maximum Gasteiger partial charge on any atom is 0.0461 e. The number of fused-ring (bicyclic) bond motifs is 3. The largest absolute Gasteiger partial charge is 0.355 e. The molecule has 0 fully saturated rings. The van der Waals surface area contributed by atoms with E-state index in [2.05, 4.69) is 65.7 Å². The fourth-order valence-corrected chi connectivity index (χ4v) is 2.92. The predicted molar refractivity (Wildman–Crippen MR) is 81.1 cm³/mol. The third kappa shape index (κ3) is 1.70. The monoisotopic (exact) mass is 245 g/mol. The first-order chi connectivity index (χ1) is 9.42. The number of nitrogens with one attached hydrogen (secondary N) is 1. The Labute approximate surface area is 112 Å². The van der Waals surface area contributed by atoms with Crippen molar-refractivity contribution in [1.29, 1.82) is 0 Å². The molecule has 1 aliphatic carbocycles. The summed E-state index contributed by atoms with van der Waals surface area (Å²) in [5.41, 5.74) is 6.58. The molecule has 0 bridgehead atoms. The number of H-pyrrole nitrogens is 1. The lowest BCUT2D eigenvalue weighted by Crippen LogP contribution is -1.90. The molecule has 3 aromatic rings. The highest BCUT2D eigenvalue weighted by molar-refractivity contribution is 5.91. The first kappa shape index (κ1) is 10.6. The van der Waals surface area contributed by atoms with E-state index < -0.39 is 0 Å². The van der Waals surface area contributed by atoms with Crippen molar-refractivity contribution >= 4 is 17.0 Å². The van der Waals surface area contributed by atoms with Crippen molar-refractivity contribution in [3.05, 3.63) is 65.9 Å². The Hall–Kier alpha value is -2.28. The summed E-state index contributed by atoms with van der Waals surface area (Å²) in [6.07, 6.45) is 6.75. The molecule has 1 nitrogen and oxygen atoms in total. The third-order valence-electron chi connectivity index (χ3n) is 3.89. The van der Waals surface area contributed by atoms with Crippen molar-refractivity contribution < 1.29 is 0 Å². The van der Waals surface area contributed by atoms with Crippen molar-refractivity contribution in [1.82, 2.24) is 4.98 Å². The number of hydrogen-bond acceptors (Lipinski definition) is 0. The molecule has 0 atom stereocenters. The summed E-state index contributed by atoms with van der Waals surface area (Å²) in [6.45, 7) is 0. The van der Waals surface area contributed by atoms with Gasteiger partial charge in [-0.2, -0.15) is 0 Å². The Morgan fingerprint density at radius 2 is 1.79 bits per heavy atom. The molecule has 1 aliphatic rings. The highest BCUT2D eigenvalue weighted by Crippen LogP contribution is 2.31. The van der Waals surface area contributed by atoms with Crippen LogP contribution in [0.1, 0.15) is 17.7 Å². The van der Waals surface area contributed by atoms with Crippen molar-refractivity contribution in [2.75, 3.05) is 0 Å². The van der Waals surface area contributed by atoms with Gasteiger partial charge in [-0.15, -0.1) is 0 Å². The molecule has 0 aliphatic heterocycles.